The van der Waals surface area contributed by atoms with Gasteiger partial charge in [-0.3, -0.25) is 0 Å². The van der Waals surface area contributed by atoms with E-state index in [0.717, 1.165) is 33.4 Å². The fraction of sp³-hybridized carbons (Fsp3) is 0.250. The van der Waals surface area contributed by atoms with Gasteiger partial charge in [0.15, 0.2) is 5.82 Å². The van der Waals surface area contributed by atoms with Gasteiger partial charge in [-0.05, 0) is 36.5 Å². The topological polar surface area (TPSA) is 35.0 Å². The highest BCUT2D eigenvalue weighted by atomic mass is 16.5. The maximum atomic E-state index is 5.98. The summed E-state index contributed by atoms with van der Waals surface area (Å²) in [5.41, 5.74) is 6.10. The number of ether oxygens (including phenoxy) is 1. The van der Waals surface area contributed by atoms with E-state index in [1.54, 1.807) is 12.3 Å². The molecule has 27 heavy (non-hydrogen) atoms. The molecule has 0 amide bonds. The maximum absolute atomic E-state index is 5.98. The zero-order chi connectivity index (χ0) is 20.0. The third-order valence-electron chi connectivity index (χ3n) is 4.35. The summed E-state index contributed by atoms with van der Waals surface area (Å²) in [6.07, 6.45) is 5.41. The van der Waals surface area contributed by atoms with E-state index < -0.39 is 0 Å². The summed E-state index contributed by atoms with van der Waals surface area (Å²) in [5, 5.41) is 0. The highest BCUT2D eigenvalue weighted by Gasteiger charge is 2.13. The van der Waals surface area contributed by atoms with E-state index >= 15 is 0 Å². The lowest BCUT2D eigenvalue weighted by molar-refractivity contribution is 0.290. The molecular weight excluding hydrogens is 332 g/mol. The van der Waals surface area contributed by atoms with Crippen molar-refractivity contribution in [2.45, 2.75) is 34.3 Å². The molecule has 1 heterocycles. The molecule has 140 valence electrons. The monoisotopic (exact) mass is 360 g/mol. The highest BCUT2D eigenvalue weighted by molar-refractivity contribution is 5.74. The summed E-state index contributed by atoms with van der Waals surface area (Å²) in [6.45, 7) is 20.4. The van der Waals surface area contributed by atoms with Crippen LogP contribution in [0.15, 0.2) is 67.9 Å². The molecule has 0 spiro atoms. The smallest absolute Gasteiger partial charge is 0.220 e. The number of hydrogen-bond donors (Lipinski definition) is 0. The predicted molar refractivity (Wildman–Crippen MR) is 114 cm³/mol. The normalized spacial score (nSPS) is 11.7. The first-order valence-corrected chi connectivity index (χ1v) is 9.08. The number of hydrogen-bond acceptors (Lipinski definition) is 3. The molecule has 0 saturated heterocycles. The van der Waals surface area contributed by atoms with Gasteiger partial charge in [0.25, 0.3) is 0 Å². The number of benzene rings is 1. The van der Waals surface area contributed by atoms with Gasteiger partial charge < -0.3 is 4.74 Å². The lowest BCUT2D eigenvalue weighted by Crippen LogP contribution is -2.04. The molecule has 0 saturated carbocycles. The Morgan fingerprint density at radius 2 is 1.81 bits per heavy atom. The molecule has 2 aromatic rings. The van der Waals surface area contributed by atoms with E-state index in [4.69, 9.17) is 4.74 Å². The summed E-state index contributed by atoms with van der Waals surface area (Å²) in [4.78, 5) is 9.10. The van der Waals surface area contributed by atoms with E-state index in [2.05, 4.69) is 55.7 Å². The largest absolute Gasteiger partial charge is 0.473 e. The summed E-state index contributed by atoms with van der Waals surface area (Å²) in [7, 11) is 0. The lowest BCUT2D eigenvalue weighted by atomic mass is 9.96. The first-order chi connectivity index (χ1) is 12.9. The molecule has 0 aliphatic carbocycles. The number of rotatable bonds is 8. The van der Waals surface area contributed by atoms with E-state index in [1.165, 1.54) is 0 Å². The Bertz CT molecular complexity index is 874. The van der Waals surface area contributed by atoms with Gasteiger partial charge >= 0.3 is 0 Å². The molecule has 0 aliphatic heterocycles. The van der Waals surface area contributed by atoms with Crippen LogP contribution in [0.4, 0.5) is 0 Å². The molecule has 1 aromatic heterocycles. The van der Waals surface area contributed by atoms with Gasteiger partial charge in [0, 0.05) is 17.3 Å². The molecule has 0 fully saturated rings. The minimum atomic E-state index is 0.302. The molecule has 0 unspecified atom stereocenters. The van der Waals surface area contributed by atoms with Crippen molar-refractivity contribution in [2.75, 3.05) is 0 Å². The summed E-state index contributed by atoms with van der Waals surface area (Å²) in [6, 6.07) is 8.20. The second kappa shape index (κ2) is 9.13. The fourth-order valence-corrected chi connectivity index (χ4v) is 2.73. The summed E-state index contributed by atoms with van der Waals surface area (Å²) < 4.78 is 5.98. The van der Waals surface area contributed by atoms with Crippen molar-refractivity contribution in [2.24, 2.45) is 5.92 Å². The van der Waals surface area contributed by atoms with Crippen molar-refractivity contribution in [1.29, 1.82) is 0 Å². The van der Waals surface area contributed by atoms with Crippen LogP contribution in [0.3, 0.4) is 0 Å². The second-order valence-electron chi connectivity index (χ2n) is 6.88. The molecule has 3 heteroatoms. The SMILES string of the molecule is C=C/C(=C(\C=C)C(C)C)c1ncc(C)c(OCc2ccc(C(=C)C)cc2)n1. The molecule has 3 nitrogen and oxygen atoms in total. The van der Waals surface area contributed by atoms with E-state index in [-0.39, 0.29) is 0 Å². The van der Waals surface area contributed by atoms with Gasteiger partial charge in [-0.2, -0.15) is 4.98 Å². The quantitative estimate of drug-likeness (QED) is 0.527. The van der Waals surface area contributed by atoms with Gasteiger partial charge in [0.05, 0.1) is 0 Å². The van der Waals surface area contributed by atoms with Crippen molar-refractivity contribution in [3.8, 4) is 5.88 Å². The van der Waals surface area contributed by atoms with Gasteiger partial charge in [-0.25, -0.2) is 4.98 Å². The highest BCUT2D eigenvalue weighted by Crippen LogP contribution is 2.26. The molecule has 2 rings (SSSR count). The third-order valence-corrected chi connectivity index (χ3v) is 4.35. The number of allylic oxidation sites excluding steroid dienone is 5. The Hall–Kier alpha value is -2.94. The Labute approximate surface area is 162 Å². The van der Waals surface area contributed by atoms with Crippen molar-refractivity contribution < 1.29 is 4.74 Å². The Morgan fingerprint density at radius 3 is 2.33 bits per heavy atom. The van der Waals surface area contributed by atoms with Crippen LogP contribution < -0.4 is 4.74 Å². The predicted octanol–water partition coefficient (Wildman–Crippen LogP) is 6.18. The third kappa shape index (κ3) is 5.04. The van der Waals surface area contributed by atoms with Crippen LogP contribution in [0.2, 0.25) is 0 Å². The maximum Gasteiger partial charge on any atom is 0.220 e. The van der Waals surface area contributed by atoms with E-state index in [9.17, 15) is 0 Å². The van der Waals surface area contributed by atoms with Crippen LogP contribution in [0.25, 0.3) is 11.1 Å². The van der Waals surface area contributed by atoms with Crippen molar-refractivity contribution in [3.05, 3.63) is 90.4 Å². The zero-order valence-corrected chi connectivity index (χ0v) is 16.7. The zero-order valence-electron chi connectivity index (χ0n) is 16.7. The van der Waals surface area contributed by atoms with Crippen LogP contribution in [0.1, 0.15) is 43.3 Å². The van der Waals surface area contributed by atoms with Gasteiger partial charge in [0.2, 0.25) is 5.88 Å². The van der Waals surface area contributed by atoms with Crippen LogP contribution >= 0.6 is 0 Å². The van der Waals surface area contributed by atoms with Crippen molar-refractivity contribution in [3.63, 3.8) is 0 Å². The molecular formula is C24H28N2O. The Morgan fingerprint density at radius 1 is 1.15 bits per heavy atom. The van der Waals surface area contributed by atoms with E-state index in [1.807, 2.05) is 32.1 Å². The number of aromatic nitrogens is 2. The average Bonchev–Trinajstić information content (AvgIpc) is 2.65. The van der Waals surface area contributed by atoms with Crippen LogP contribution in [0.5, 0.6) is 5.88 Å². The van der Waals surface area contributed by atoms with Crippen molar-refractivity contribution >= 4 is 11.1 Å². The second-order valence-corrected chi connectivity index (χ2v) is 6.88. The standard InChI is InChI=1S/C24H28N2O/c1-8-21(17(5)6)22(9-2)23-25-14-18(7)24(26-23)27-15-19-10-12-20(13-11-19)16(3)4/h8-14,17H,1-3,15H2,4-7H3/b22-21-. The summed E-state index contributed by atoms with van der Waals surface area (Å²) in [5.74, 6) is 1.49. The van der Waals surface area contributed by atoms with Gasteiger partial charge in [0.1, 0.15) is 6.61 Å². The first kappa shape index (κ1) is 20.4. The minimum absolute atomic E-state index is 0.302. The van der Waals surface area contributed by atoms with Crippen LogP contribution in [-0.2, 0) is 6.61 Å². The molecule has 0 atom stereocenters. The number of aryl methyl sites for hydroxylation is 1. The fourth-order valence-electron chi connectivity index (χ4n) is 2.73. The van der Waals surface area contributed by atoms with Crippen molar-refractivity contribution in [1.82, 2.24) is 9.97 Å². The van der Waals surface area contributed by atoms with Crippen LogP contribution in [-0.4, -0.2) is 9.97 Å². The molecule has 0 bridgehead atoms. The summed E-state index contributed by atoms with van der Waals surface area (Å²) >= 11 is 0. The first-order valence-electron chi connectivity index (χ1n) is 9.08. The number of nitrogens with zero attached hydrogens (tertiary/aromatic N) is 2. The average molecular weight is 361 g/mol. The molecule has 0 N–H and O–H groups in total. The Kier molecular flexibility index (Phi) is 6.89. The molecule has 0 aliphatic rings. The molecule has 0 radical (unpaired) electrons. The van der Waals surface area contributed by atoms with E-state index in [0.29, 0.717) is 24.2 Å². The lowest BCUT2D eigenvalue weighted by Gasteiger charge is -2.14. The minimum Gasteiger partial charge on any atom is -0.473 e. The van der Waals surface area contributed by atoms with Crippen LogP contribution in [0, 0.1) is 12.8 Å². The Balaban J connectivity index is 2.28. The van der Waals surface area contributed by atoms with Gasteiger partial charge in [-0.15, -0.1) is 0 Å². The van der Waals surface area contributed by atoms with Gasteiger partial charge in [-0.1, -0.05) is 75.6 Å². The molecule has 1 aromatic carbocycles.